The minimum absolute atomic E-state index is 0.103. The van der Waals surface area contributed by atoms with Crippen molar-refractivity contribution in [3.8, 4) is 86.0 Å². The zero-order valence-electron chi connectivity index (χ0n) is 39.4. The van der Waals surface area contributed by atoms with Crippen molar-refractivity contribution in [3.05, 3.63) is 159 Å². The third kappa shape index (κ3) is 10.6. The van der Waals surface area contributed by atoms with Gasteiger partial charge in [-0.1, -0.05) is 36.4 Å². The number of anilines is 1. The molecule has 0 atom stereocenters. The first-order valence-corrected chi connectivity index (χ1v) is 21.5. The summed E-state index contributed by atoms with van der Waals surface area (Å²) in [6, 6.07) is 35.4. The molecule has 24 nitrogen and oxygen atoms in total. The van der Waals surface area contributed by atoms with Crippen LogP contribution in [0, 0.1) is 10.1 Å². The lowest BCUT2D eigenvalue weighted by Gasteiger charge is -2.07. The highest BCUT2D eigenvalue weighted by Gasteiger charge is 2.24. The minimum Gasteiger partial charge on any atom is -0.496 e. The van der Waals surface area contributed by atoms with Gasteiger partial charge in [0.1, 0.15) is 22.8 Å². The number of aromatic amines is 1. The normalized spacial score (nSPS) is 10.6. The van der Waals surface area contributed by atoms with Crippen molar-refractivity contribution < 1.29 is 61.2 Å². The van der Waals surface area contributed by atoms with Crippen LogP contribution < -0.4 is 25.3 Å². The van der Waals surface area contributed by atoms with E-state index in [4.69, 9.17) is 41.9 Å². The molecule has 0 spiro atoms. The molecule has 0 aliphatic heterocycles. The van der Waals surface area contributed by atoms with Crippen LogP contribution >= 0.6 is 0 Å². The fourth-order valence-corrected chi connectivity index (χ4v) is 7.06. The Morgan fingerprint density at radius 3 is 1.41 bits per heavy atom. The van der Waals surface area contributed by atoms with Crippen molar-refractivity contribution in [2.45, 2.75) is 0 Å². The molecule has 24 heteroatoms. The maximum atomic E-state index is 11.8. The van der Waals surface area contributed by atoms with Crippen LogP contribution in [0.5, 0.6) is 17.2 Å². The van der Waals surface area contributed by atoms with E-state index in [0.717, 1.165) is 7.11 Å². The van der Waals surface area contributed by atoms with Gasteiger partial charge in [0.2, 0.25) is 17.7 Å². The smallest absolute Gasteiger partial charge is 0.365 e. The summed E-state index contributed by atoms with van der Waals surface area (Å²) >= 11 is 0. The van der Waals surface area contributed by atoms with Crippen molar-refractivity contribution in [1.82, 2.24) is 35.7 Å². The van der Waals surface area contributed by atoms with E-state index in [2.05, 4.69) is 40.5 Å². The van der Waals surface area contributed by atoms with Crippen LogP contribution in [0.2, 0.25) is 0 Å². The van der Waals surface area contributed by atoms with Gasteiger partial charge in [-0.25, -0.2) is 19.5 Å². The molecule has 0 amide bonds. The zero-order valence-corrected chi connectivity index (χ0v) is 39.4. The Labute approximate surface area is 416 Å². The number of hydrogen-bond donors (Lipinski definition) is 3. The van der Waals surface area contributed by atoms with E-state index in [1.54, 1.807) is 74.9 Å². The van der Waals surface area contributed by atoms with E-state index in [1.807, 2.05) is 41.9 Å². The van der Waals surface area contributed by atoms with Crippen LogP contribution in [0.1, 0.15) is 20.7 Å². The number of methoxy groups -OCH3 is 5. The third-order valence-electron chi connectivity index (χ3n) is 10.7. The van der Waals surface area contributed by atoms with Gasteiger partial charge in [-0.2, -0.15) is 0 Å². The number of carbonyl (C=O) groups is 2. The van der Waals surface area contributed by atoms with Crippen molar-refractivity contribution in [2.75, 3.05) is 41.0 Å². The Morgan fingerprint density at radius 2 is 0.959 bits per heavy atom. The highest BCUT2D eigenvalue weighted by atomic mass is 16.6. The summed E-state index contributed by atoms with van der Waals surface area (Å²) in [5.74, 6) is 1.85. The van der Waals surface area contributed by atoms with E-state index in [1.165, 1.54) is 44.6 Å². The molecule has 4 aromatic heterocycles. The SMILES string of the molecule is COC(=O)c1cc(-c2nnc(-c3ccccc3OC)o2)ccc1NO.COC(=O)c1cc(-c2nnc(-c3ccccc3OC)o2)ccc1[N+](=O)[O-].COc1ccccc1-c1nnc(-c2ccc3[nH]oc(=O)c3c2)o1. The molecule has 0 radical (unpaired) electrons. The Hall–Kier alpha value is -10.5. The molecule has 0 unspecified atom stereocenters. The van der Waals surface area contributed by atoms with Crippen LogP contribution in [0.3, 0.4) is 0 Å². The summed E-state index contributed by atoms with van der Waals surface area (Å²) in [5, 5.41) is 47.2. The lowest BCUT2D eigenvalue weighted by Crippen LogP contribution is -2.06. The summed E-state index contributed by atoms with van der Waals surface area (Å²) in [5.41, 5.74) is 5.36. The zero-order chi connectivity index (χ0) is 52.3. The Kier molecular flexibility index (Phi) is 15.2. The van der Waals surface area contributed by atoms with Crippen molar-refractivity contribution in [2.24, 2.45) is 0 Å². The summed E-state index contributed by atoms with van der Waals surface area (Å²) in [4.78, 5) is 45.7. The van der Waals surface area contributed by atoms with E-state index in [0.29, 0.717) is 73.3 Å². The maximum absolute atomic E-state index is 11.8. The largest absolute Gasteiger partial charge is 0.496 e. The number of benzene rings is 6. The number of hydrogen-bond acceptors (Lipinski definition) is 22. The number of carbonyl (C=O) groups excluding carboxylic acids is 2. The molecule has 0 bridgehead atoms. The van der Waals surface area contributed by atoms with Crippen LogP contribution in [0.4, 0.5) is 11.4 Å². The molecule has 6 aromatic carbocycles. The van der Waals surface area contributed by atoms with Gasteiger partial charge in [-0.3, -0.25) is 20.8 Å². The van der Waals surface area contributed by atoms with Crippen LogP contribution in [0.25, 0.3) is 79.6 Å². The molecule has 0 saturated carbocycles. The Balaban J connectivity index is 0.000000148. The second-order valence-electron chi connectivity index (χ2n) is 14.9. The summed E-state index contributed by atoms with van der Waals surface area (Å²) < 4.78 is 46.9. The molecule has 0 saturated heterocycles. The molecule has 74 heavy (non-hydrogen) atoms. The molecular formula is C50H39N9O15. The second-order valence-corrected chi connectivity index (χ2v) is 14.9. The molecular weight excluding hydrogens is 967 g/mol. The second kappa shape index (κ2) is 22.5. The van der Waals surface area contributed by atoms with Crippen LogP contribution in [0.15, 0.2) is 150 Å². The topological polar surface area (TPSA) is 318 Å². The van der Waals surface area contributed by atoms with Gasteiger partial charge >= 0.3 is 17.6 Å². The highest BCUT2D eigenvalue weighted by molar-refractivity contribution is 5.97. The molecule has 3 N–H and O–H groups in total. The first-order chi connectivity index (χ1) is 36.0. The number of fused-ring (bicyclic) bond motifs is 1. The van der Waals surface area contributed by atoms with Crippen LogP contribution in [-0.2, 0) is 9.47 Å². The summed E-state index contributed by atoms with van der Waals surface area (Å²) in [6.45, 7) is 0. The number of ether oxygens (including phenoxy) is 5. The number of nitro benzene ring substituents is 1. The fourth-order valence-electron chi connectivity index (χ4n) is 7.06. The van der Waals surface area contributed by atoms with E-state index in [9.17, 15) is 24.5 Å². The first kappa shape index (κ1) is 49.9. The van der Waals surface area contributed by atoms with Gasteiger partial charge in [-0.15, -0.1) is 30.6 Å². The number of esters is 2. The molecule has 10 rings (SSSR count). The van der Waals surface area contributed by atoms with Crippen molar-refractivity contribution in [1.29, 1.82) is 0 Å². The monoisotopic (exact) mass is 1010 g/mol. The number of para-hydroxylation sites is 3. The average Bonchev–Trinajstić information content (AvgIpc) is 4.31. The highest BCUT2D eigenvalue weighted by Crippen LogP contribution is 2.35. The molecule has 0 aliphatic carbocycles. The van der Waals surface area contributed by atoms with Gasteiger partial charge in [0.25, 0.3) is 23.4 Å². The predicted octanol–water partition coefficient (Wildman–Crippen LogP) is 8.95. The Morgan fingerprint density at radius 1 is 0.554 bits per heavy atom. The number of nitrogens with zero attached hydrogens (tertiary/aromatic N) is 7. The first-order valence-electron chi connectivity index (χ1n) is 21.5. The molecule has 0 aliphatic rings. The number of aromatic nitrogens is 7. The van der Waals surface area contributed by atoms with E-state index in [-0.39, 0.29) is 46.1 Å². The van der Waals surface area contributed by atoms with Crippen LogP contribution in [-0.4, -0.2) is 93.4 Å². The number of H-pyrrole nitrogens is 1. The number of nitrogens with one attached hydrogen (secondary N) is 2. The predicted molar refractivity (Wildman–Crippen MR) is 260 cm³/mol. The third-order valence-corrected chi connectivity index (χ3v) is 10.7. The molecule has 10 aromatic rings. The quantitative estimate of drug-likeness (QED) is 0.0551. The lowest BCUT2D eigenvalue weighted by molar-refractivity contribution is -0.385. The standard InChI is InChI=1S/C17H13N3O6.C17H15N3O5.C16H11N3O4/c1-24-14-6-4-3-5-11(14)16-19-18-15(26-16)10-7-8-13(20(22)23)12(9-10)17(21)25-2;1-23-14-6-4-3-5-11(14)16-19-18-15(25-16)10-7-8-13(20-22)12(9-10)17(21)24-2;1-21-13-5-3-2-4-10(13)15-18-17-14(22-15)9-6-7-12-11(8-9)16(20)23-19-12/h3-9H,1-2H3;3-9,20,22H,1-2H3;2-8,19H,1H3. The van der Waals surface area contributed by atoms with Gasteiger partial charge in [0.05, 0.1) is 79.3 Å². The fraction of sp³-hybridized carbons (Fsp3) is 0.100. The van der Waals surface area contributed by atoms with Crippen molar-refractivity contribution in [3.63, 3.8) is 0 Å². The minimum atomic E-state index is -0.831. The van der Waals surface area contributed by atoms with Gasteiger partial charge < -0.3 is 41.5 Å². The van der Waals surface area contributed by atoms with E-state index < -0.39 is 22.5 Å². The molecule has 4 heterocycles. The summed E-state index contributed by atoms with van der Waals surface area (Å²) in [7, 11) is 7.05. The lowest BCUT2D eigenvalue weighted by atomic mass is 10.1. The van der Waals surface area contributed by atoms with Gasteiger partial charge in [0, 0.05) is 22.8 Å². The van der Waals surface area contributed by atoms with Crippen molar-refractivity contribution >= 4 is 34.2 Å². The van der Waals surface area contributed by atoms with Gasteiger partial charge in [0.15, 0.2) is 0 Å². The van der Waals surface area contributed by atoms with E-state index >= 15 is 0 Å². The Bertz CT molecular complexity index is 3690. The molecule has 374 valence electrons. The number of nitro groups is 1. The maximum Gasteiger partial charge on any atom is 0.365 e. The average molecular weight is 1010 g/mol. The number of rotatable bonds is 13. The molecule has 0 fully saturated rings. The van der Waals surface area contributed by atoms with Gasteiger partial charge in [-0.05, 0) is 84.9 Å². The summed E-state index contributed by atoms with van der Waals surface area (Å²) in [6.07, 6.45) is 0.